The Morgan fingerprint density at radius 2 is 2.00 bits per heavy atom. The summed E-state index contributed by atoms with van der Waals surface area (Å²) in [6.07, 6.45) is 4.10. The molecular formula is C17H22O4. The van der Waals surface area contributed by atoms with E-state index in [1.165, 1.54) is 0 Å². The van der Waals surface area contributed by atoms with Gasteiger partial charge in [-0.2, -0.15) is 0 Å². The topological polar surface area (TPSA) is 63.6 Å². The summed E-state index contributed by atoms with van der Waals surface area (Å²) in [5.41, 5.74) is 1.64. The van der Waals surface area contributed by atoms with Gasteiger partial charge in [-0.25, -0.2) is 0 Å². The lowest BCUT2D eigenvalue weighted by Crippen LogP contribution is -2.15. The first-order chi connectivity index (χ1) is 10.1. The molecule has 1 aromatic carbocycles. The first-order valence-corrected chi connectivity index (χ1v) is 7.15. The highest BCUT2D eigenvalue weighted by molar-refractivity contribution is 5.77. The number of phenolic OH excluding ortho intramolecular Hbond substituents is 1. The fourth-order valence-electron chi connectivity index (χ4n) is 2.10. The Hall–Kier alpha value is -2.10. The van der Waals surface area contributed by atoms with Crippen molar-refractivity contribution in [2.24, 2.45) is 5.92 Å². The van der Waals surface area contributed by atoms with E-state index in [9.17, 15) is 14.7 Å². The molecule has 21 heavy (non-hydrogen) atoms. The van der Waals surface area contributed by atoms with Crippen molar-refractivity contribution >= 4 is 12.3 Å². The van der Waals surface area contributed by atoms with Crippen LogP contribution in [0, 0.1) is 5.92 Å². The predicted octanol–water partition coefficient (Wildman–Crippen LogP) is 3.04. The number of hydrogen-bond acceptors (Lipinski definition) is 4. The van der Waals surface area contributed by atoms with Gasteiger partial charge in [0.1, 0.15) is 12.0 Å². The molecule has 0 aromatic heterocycles. The van der Waals surface area contributed by atoms with Gasteiger partial charge in [-0.15, -0.1) is 0 Å². The zero-order valence-electron chi connectivity index (χ0n) is 12.5. The molecular weight excluding hydrogens is 268 g/mol. The van der Waals surface area contributed by atoms with Crippen molar-refractivity contribution in [3.05, 3.63) is 41.5 Å². The highest BCUT2D eigenvalue weighted by Gasteiger charge is 2.16. The summed E-state index contributed by atoms with van der Waals surface area (Å²) in [6, 6.07) is 6.80. The Balaban J connectivity index is 2.39. The lowest BCUT2D eigenvalue weighted by molar-refractivity contribution is -0.144. The summed E-state index contributed by atoms with van der Waals surface area (Å²) >= 11 is 0. The van der Waals surface area contributed by atoms with Gasteiger partial charge in [0.05, 0.1) is 13.0 Å². The van der Waals surface area contributed by atoms with Crippen LogP contribution in [0.2, 0.25) is 0 Å². The number of carbonyl (C=O) groups excluding carboxylic acids is 2. The average Bonchev–Trinajstić information content (AvgIpc) is 2.49. The number of ether oxygens (including phenoxy) is 1. The van der Waals surface area contributed by atoms with Crippen molar-refractivity contribution in [1.29, 1.82) is 0 Å². The minimum absolute atomic E-state index is 0.0753. The smallest absolute Gasteiger partial charge is 0.306 e. The molecule has 1 rings (SSSR count). The first-order valence-electron chi connectivity index (χ1n) is 7.15. The fourth-order valence-corrected chi connectivity index (χ4v) is 2.10. The van der Waals surface area contributed by atoms with Crippen LogP contribution >= 0.6 is 0 Å². The molecule has 0 aliphatic heterocycles. The summed E-state index contributed by atoms with van der Waals surface area (Å²) in [6.45, 7) is 4.04. The third-order valence-corrected chi connectivity index (χ3v) is 3.44. The van der Waals surface area contributed by atoms with Gasteiger partial charge in [0.2, 0.25) is 0 Å². The van der Waals surface area contributed by atoms with Crippen molar-refractivity contribution < 1.29 is 19.4 Å². The highest BCUT2D eigenvalue weighted by atomic mass is 16.5. The maximum atomic E-state index is 11.8. The predicted molar refractivity (Wildman–Crippen MR) is 81.0 cm³/mol. The summed E-state index contributed by atoms with van der Waals surface area (Å²) in [4.78, 5) is 22.7. The van der Waals surface area contributed by atoms with Crippen molar-refractivity contribution in [2.45, 2.75) is 33.1 Å². The molecule has 0 heterocycles. The van der Waals surface area contributed by atoms with E-state index in [4.69, 9.17) is 4.74 Å². The van der Waals surface area contributed by atoms with Crippen LogP contribution in [0.4, 0.5) is 0 Å². The number of aromatic hydroxyl groups is 1. The van der Waals surface area contributed by atoms with Crippen LogP contribution in [0.5, 0.6) is 5.75 Å². The van der Waals surface area contributed by atoms with E-state index >= 15 is 0 Å². The molecule has 0 unspecified atom stereocenters. The molecule has 0 aliphatic rings. The zero-order chi connectivity index (χ0) is 15.7. The monoisotopic (exact) mass is 290 g/mol. The molecule has 1 atom stereocenters. The van der Waals surface area contributed by atoms with E-state index in [0.717, 1.165) is 18.3 Å². The van der Waals surface area contributed by atoms with Gasteiger partial charge >= 0.3 is 5.97 Å². The van der Waals surface area contributed by atoms with Crippen LogP contribution in [0.15, 0.2) is 35.9 Å². The second-order valence-corrected chi connectivity index (χ2v) is 4.85. The van der Waals surface area contributed by atoms with Gasteiger partial charge in [0.25, 0.3) is 0 Å². The third-order valence-electron chi connectivity index (χ3n) is 3.44. The van der Waals surface area contributed by atoms with E-state index in [1.54, 1.807) is 37.3 Å². The Bertz CT molecular complexity index is 488. The second-order valence-electron chi connectivity index (χ2n) is 4.85. The summed E-state index contributed by atoms with van der Waals surface area (Å²) < 4.78 is 5.20. The van der Waals surface area contributed by atoms with Crippen LogP contribution in [-0.4, -0.2) is 24.0 Å². The fraction of sp³-hybridized carbons (Fsp3) is 0.412. The number of rotatable bonds is 8. The van der Waals surface area contributed by atoms with Gasteiger partial charge in [-0.3, -0.25) is 9.59 Å². The Labute approximate surface area is 125 Å². The number of esters is 1. The van der Waals surface area contributed by atoms with Crippen LogP contribution < -0.4 is 0 Å². The lowest BCUT2D eigenvalue weighted by atomic mass is 9.94. The maximum absolute atomic E-state index is 11.8. The van der Waals surface area contributed by atoms with Gasteiger partial charge in [-0.1, -0.05) is 25.1 Å². The summed E-state index contributed by atoms with van der Waals surface area (Å²) in [5.74, 6) is -0.148. The average molecular weight is 290 g/mol. The summed E-state index contributed by atoms with van der Waals surface area (Å²) in [5, 5.41) is 9.18. The minimum Gasteiger partial charge on any atom is -0.508 e. The number of allylic oxidation sites excluding steroid dienone is 2. The van der Waals surface area contributed by atoms with Gasteiger partial charge in [0, 0.05) is 6.42 Å². The minimum atomic E-state index is -0.290. The number of benzene rings is 1. The van der Waals surface area contributed by atoms with E-state index in [-0.39, 0.29) is 24.1 Å². The first kappa shape index (κ1) is 17.0. The molecule has 1 aromatic rings. The number of aldehydes is 1. The van der Waals surface area contributed by atoms with Crippen LogP contribution in [0.3, 0.4) is 0 Å². The van der Waals surface area contributed by atoms with Crippen molar-refractivity contribution in [3.8, 4) is 5.75 Å². The van der Waals surface area contributed by atoms with Crippen molar-refractivity contribution in [3.63, 3.8) is 0 Å². The van der Waals surface area contributed by atoms with Crippen LogP contribution in [0.1, 0.15) is 32.3 Å². The van der Waals surface area contributed by atoms with Gasteiger partial charge in [-0.05, 0) is 42.5 Å². The molecule has 4 heteroatoms. The van der Waals surface area contributed by atoms with Gasteiger partial charge in [0.15, 0.2) is 0 Å². The largest absolute Gasteiger partial charge is 0.508 e. The number of phenols is 1. The Morgan fingerprint density at radius 3 is 2.52 bits per heavy atom. The van der Waals surface area contributed by atoms with Crippen molar-refractivity contribution in [1.82, 2.24) is 0 Å². The molecule has 0 fully saturated rings. The van der Waals surface area contributed by atoms with E-state index in [2.05, 4.69) is 0 Å². The molecule has 0 bridgehead atoms. The molecule has 0 amide bonds. The molecule has 4 nitrogen and oxygen atoms in total. The quantitative estimate of drug-likeness (QED) is 0.454. The van der Waals surface area contributed by atoms with Crippen molar-refractivity contribution in [2.75, 3.05) is 6.61 Å². The zero-order valence-corrected chi connectivity index (χ0v) is 12.5. The van der Waals surface area contributed by atoms with E-state index in [0.29, 0.717) is 18.6 Å². The SMILES string of the molecule is C/C=C(/C=O)[C@@H](CC)CC(=O)OCCc1ccc(O)cc1. The summed E-state index contributed by atoms with van der Waals surface area (Å²) in [7, 11) is 0. The molecule has 0 radical (unpaired) electrons. The molecule has 0 saturated carbocycles. The highest BCUT2D eigenvalue weighted by Crippen LogP contribution is 2.18. The van der Waals surface area contributed by atoms with Crippen LogP contribution in [0.25, 0.3) is 0 Å². The van der Waals surface area contributed by atoms with E-state index < -0.39 is 0 Å². The molecule has 1 N–H and O–H groups in total. The Morgan fingerprint density at radius 1 is 1.33 bits per heavy atom. The second kappa shape index (κ2) is 8.95. The number of hydrogen-bond donors (Lipinski definition) is 1. The lowest BCUT2D eigenvalue weighted by Gasteiger charge is -2.13. The van der Waals surface area contributed by atoms with Crippen LogP contribution in [-0.2, 0) is 20.7 Å². The molecule has 0 aliphatic carbocycles. The third kappa shape index (κ3) is 5.81. The molecule has 0 saturated heterocycles. The number of carbonyl (C=O) groups is 2. The molecule has 114 valence electrons. The maximum Gasteiger partial charge on any atom is 0.306 e. The van der Waals surface area contributed by atoms with Gasteiger partial charge < -0.3 is 9.84 Å². The Kier molecular flexibility index (Phi) is 7.23. The normalized spacial score (nSPS) is 12.8. The standard InChI is InChI=1S/C17H22O4/c1-3-14(15(4-2)12-18)11-17(20)21-10-9-13-5-7-16(19)8-6-13/h4-8,12,14,19H,3,9-11H2,1-2H3/b15-4-/t14-/m0/s1. The van der Waals surface area contributed by atoms with E-state index in [1.807, 2.05) is 6.92 Å². The molecule has 0 spiro atoms.